The summed E-state index contributed by atoms with van der Waals surface area (Å²) in [4.78, 5) is 37.3. The number of hydrogen-bond acceptors (Lipinski definition) is 5. The third-order valence-electron chi connectivity index (χ3n) is 4.32. The number of rotatable bonds is 5. The van der Waals surface area contributed by atoms with Gasteiger partial charge in [0.2, 0.25) is 17.7 Å². The van der Waals surface area contributed by atoms with Crippen LogP contribution in [-0.4, -0.2) is 65.5 Å². The number of hydrogen-bond donors (Lipinski definition) is 4. The lowest BCUT2D eigenvalue weighted by molar-refractivity contribution is -0.134. The summed E-state index contributed by atoms with van der Waals surface area (Å²) in [5.74, 6) is -1.45. The van der Waals surface area contributed by atoms with Crippen LogP contribution in [0, 0.1) is 5.92 Å². The molecule has 8 nitrogen and oxygen atoms in total. The topological polar surface area (TPSA) is 125 Å². The average molecular weight is 312 g/mol. The van der Waals surface area contributed by atoms with Crippen molar-refractivity contribution in [1.82, 2.24) is 15.5 Å². The van der Waals surface area contributed by atoms with Crippen molar-refractivity contribution in [2.75, 3.05) is 19.6 Å². The van der Waals surface area contributed by atoms with Crippen molar-refractivity contribution in [3.63, 3.8) is 0 Å². The van der Waals surface area contributed by atoms with Gasteiger partial charge in [0.25, 0.3) is 0 Å². The second kappa shape index (κ2) is 7.06. The maximum Gasteiger partial charge on any atom is 0.242 e. The van der Waals surface area contributed by atoms with Gasteiger partial charge in [0.05, 0.1) is 18.1 Å². The van der Waals surface area contributed by atoms with Crippen LogP contribution in [-0.2, 0) is 14.4 Å². The molecule has 5 N–H and O–H groups in total. The van der Waals surface area contributed by atoms with Crippen molar-refractivity contribution in [1.29, 1.82) is 0 Å². The van der Waals surface area contributed by atoms with Crippen molar-refractivity contribution < 1.29 is 19.5 Å². The monoisotopic (exact) mass is 312 g/mol. The smallest absolute Gasteiger partial charge is 0.242 e. The second-order valence-corrected chi connectivity index (χ2v) is 6.05. The number of carbonyl (C=O) groups is 3. The normalized spacial score (nSPS) is 27.5. The van der Waals surface area contributed by atoms with Gasteiger partial charge in [0.15, 0.2) is 0 Å². The Balaban J connectivity index is 1.87. The van der Waals surface area contributed by atoms with Crippen molar-refractivity contribution >= 4 is 17.7 Å². The first-order chi connectivity index (χ1) is 10.4. The van der Waals surface area contributed by atoms with Gasteiger partial charge in [-0.1, -0.05) is 0 Å². The zero-order valence-corrected chi connectivity index (χ0v) is 12.7. The highest BCUT2D eigenvalue weighted by Crippen LogP contribution is 2.19. The van der Waals surface area contributed by atoms with Gasteiger partial charge in [-0.15, -0.1) is 0 Å². The van der Waals surface area contributed by atoms with E-state index in [1.807, 2.05) is 0 Å². The Hall–Kier alpha value is -1.67. The summed E-state index contributed by atoms with van der Waals surface area (Å²) in [5, 5.41) is 15.1. The number of carbonyl (C=O) groups excluding carboxylic acids is 3. The van der Waals surface area contributed by atoms with Gasteiger partial charge < -0.3 is 26.4 Å². The minimum absolute atomic E-state index is 0.0368. The minimum Gasteiger partial charge on any atom is -0.391 e. The molecule has 2 heterocycles. The molecule has 0 bridgehead atoms. The Morgan fingerprint density at radius 1 is 1.36 bits per heavy atom. The molecule has 0 aromatic heterocycles. The molecule has 0 spiro atoms. The van der Waals surface area contributed by atoms with E-state index in [-0.39, 0.29) is 23.8 Å². The predicted octanol–water partition coefficient (Wildman–Crippen LogP) is -2.06. The van der Waals surface area contributed by atoms with Gasteiger partial charge in [-0.05, 0) is 32.7 Å². The summed E-state index contributed by atoms with van der Waals surface area (Å²) in [6.45, 7) is 3.12. The molecule has 0 radical (unpaired) electrons. The van der Waals surface area contributed by atoms with Crippen LogP contribution in [0.2, 0.25) is 0 Å². The Morgan fingerprint density at radius 2 is 2.09 bits per heavy atom. The van der Waals surface area contributed by atoms with E-state index < -0.39 is 18.1 Å². The van der Waals surface area contributed by atoms with Gasteiger partial charge >= 0.3 is 0 Å². The van der Waals surface area contributed by atoms with Crippen LogP contribution in [0.4, 0.5) is 0 Å². The zero-order valence-electron chi connectivity index (χ0n) is 12.7. The first-order valence-electron chi connectivity index (χ1n) is 7.70. The summed E-state index contributed by atoms with van der Waals surface area (Å²) >= 11 is 0. The summed E-state index contributed by atoms with van der Waals surface area (Å²) in [5.41, 5.74) is 5.16. The molecule has 124 valence electrons. The Morgan fingerprint density at radius 3 is 2.64 bits per heavy atom. The molecule has 0 aliphatic carbocycles. The van der Waals surface area contributed by atoms with Crippen LogP contribution in [0.15, 0.2) is 0 Å². The maximum atomic E-state index is 12.3. The average Bonchev–Trinajstić information content (AvgIpc) is 3.13. The number of nitrogens with one attached hydrogen (secondary N) is 2. The molecule has 22 heavy (non-hydrogen) atoms. The van der Waals surface area contributed by atoms with Gasteiger partial charge in [-0.2, -0.15) is 0 Å². The quantitative estimate of drug-likeness (QED) is 0.464. The number of nitrogens with zero attached hydrogens (tertiary/aromatic N) is 1. The van der Waals surface area contributed by atoms with E-state index in [1.165, 1.54) is 6.92 Å². The largest absolute Gasteiger partial charge is 0.391 e. The molecule has 2 aliphatic heterocycles. The molecule has 0 saturated carbocycles. The minimum atomic E-state index is -1.10. The van der Waals surface area contributed by atoms with E-state index in [0.717, 1.165) is 19.4 Å². The van der Waals surface area contributed by atoms with E-state index in [2.05, 4.69) is 10.6 Å². The van der Waals surface area contributed by atoms with Crippen molar-refractivity contribution in [3.05, 3.63) is 0 Å². The first-order valence-corrected chi connectivity index (χ1v) is 7.70. The molecule has 4 atom stereocenters. The van der Waals surface area contributed by atoms with E-state index in [0.29, 0.717) is 19.5 Å². The van der Waals surface area contributed by atoms with Gasteiger partial charge in [0, 0.05) is 13.1 Å². The lowest BCUT2D eigenvalue weighted by Crippen LogP contribution is -2.52. The lowest BCUT2D eigenvalue weighted by Gasteiger charge is -2.22. The number of aliphatic hydroxyl groups is 1. The van der Waals surface area contributed by atoms with Crippen molar-refractivity contribution in [2.24, 2.45) is 11.7 Å². The van der Waals surface area contributed by atoms with Gasteiger partial charge in [-0.25, -0.2) is 0 Å². The molecule has 3 amide bonds. The molecule has 2 saturated heterocycles. The highest BCUT2D eigenvalue weighted by atomic mass is 16.3. The van der Waals surface area contributed by atoms with Crippen LogP contribution in [0.3, 0.4) is 0 Å². The predicted molar refractivity (Wildman–Crippen MR) is 78.5 cm³/mol. The summed E-state index contributed by atoms with van der Waals surface area (Å²) in [7, 11) is 0. The fourth-order valence-corrected chi connectivity index (χ4v) is 2.99. The fraction of sp³-hybridized carbons (Fsp3) is 0.786. The van der Waals surface area contributed by atoms with Gasteiger partial charge in [-0.3, -0.25) is 14.4 Å². The van der Waals surface area contributed by atoms with Crippen molar-refractivity contribution in [2.45, 2.75) is 44.4 Å². The number of aliphatic hydroxyl groups excluding tert-OH is 1. The molecule has 0 aromatic carbocycles. The van der Waals surface area contributed by atoms with Gasteiger partial charge in [0.1, 0.15) is 6.04 Å². The fourth-order valence-electron chi connectivity index (χ4n) is 2.99. The summed E-state index contributed by atoms with van der Waals surface area (Å²) in [6.07, 6.45) is 1.32. The summed E-state index contributed by atoms with van der Waals surface area (Å²) in [6, 6.07) is -1.24. The molecule has 0 unspecified atom stereocenters. The molecule has 8 heteroatoms. The maximum absolute atomic E-state index is 12.3. The number of likely N-dealkylation sites (tertiary alicyclic amines) is 1. The number of nitrogens with two attached hydrogens (primary N) is 1. The van der Waals surface area contributed by atoms with Crippen LogP contribution < -0.4 is 16.4 Å². The van der Waals surface area contributed by atoms with Crippen LogP contribution in [0.1, 0.15) is 26.2 Å². The Labute approximate surface area is 129 Å². The molecular weight excluding hydrogens is 288 g/mol. The lowest BCUT2D eigenvalue weighted by atomic mass is 10.1. The van der Waals surface area contributed by atoms with E-state index in [1.54, 1.807) is 4.90 Å². The third-order valence-corrected chi connectivity index (χ3v) is 4.32. The molecule has 2 aliphatic rings. The first kappa shape index (κ1) is 16.7. The molecule has 2 fully saturated rings. The molecular formula is C14H24N4O4. The molecule has 2 rings (SSSR count). The van der Waals surface area contributed by atoms with E-state index in [4.69, 9.17) is 5.73 Å². The number of amides is 3. The van der Waals surface area contributed by atoms with Crippen LogP contribution >= 0.6 is 0 Å². The number of primary amides is 1. The van der Waals surface area contributed by atoms with Crippen LogP contribution in [0.5, 0.6) is 0 Å². The van der Waals surface area contributed by atoms with Crippen molar-refractivity contribution in [3.8, 4) is 0 Å². The zero-order chi connectivity index (χ0) is 16.3. The second-order valence-electron chi connectivity index (χ2n) is 6.05. The Bertz CT molecular complexity index is 448. The highest BCUT2D eigenvalue weighted by Gasteiger charge is 2.36. The van der Waals surface area contributed by atoms with E-state index in [9.17, 15) is 19.5 Å². The standard InChI is InChI=1S/C14H24N4O4/c1-8(19)11(12(15)20)17-13(21)9-4-6-18(7-9)14(22)10-3-2-5-16-10/h8-11,16,19H,2-7H2,1H3,(H2,15,20)(H,17,21)/t8-,9+,10+,11+/m1/s1. The third kappa shape index (κ3) is 3.75. The Kier molecular flexibility index (Phi) is 5.36. The molecule has 0 aromatic rings. The summed E-state index contributed by atoms with van der Waals surface area (Å²) < 4.78 is 0. The highest BCUT2D eigenvalue weighted by molar-refractivity contribution is 5.89. The SMILES string of the molecule is C[C@@H](O)[C@H](NC(=O)[C@H]1CCN(C(=O)[C@@H]2CCCN2)C1)C(N)=O. The van der Waals surface area contributed by atoms with E-state index >= 15 is 0 Å². The van der Waals surface area contributed by atoms with Crippen LogP contribution in [0.25, 0.3) is 0 Å².